The van der Waals surface area contributed by atoms with Crippen LogP contribution in [0, 0.1) is 0 Å². The van der Waals surface area contributed by atoms with E-state index in [1.807, 2.05) is 24.3 Å². The minimum atomic E-state index is 0.544. The normalized spacial score (nSPS) is 11.7. The van der Waals surface area contributed by atoms with E-state index in [0.717, 1.165) is 99.0 Å². The Morgan fingerprint density at radius 1 is 0.317 bits per heavy atom. The number of para-hydroxylation sites is 2. The van der Waals surface area contributed by atoms with Crippen LogP contribution in [0.4, 0.5) is 0 Å². The summed E-state index contributed by atoms with van der Waals surface area (Å²) in [5, 5.41) is 6.65. The molecule has 0 unspecified atom stereocenters. The van der Waals surface area contributed by atoms with E-state index in [0.29, 0.717) is 17.6 Å². The number of nitrogens with zero attached hydrogens (tertiary/aromatic N) is 4. The maximum absolute atomic E-state index is 6.42. The van der Waals surface area contributed by atoms with Crippen LogP contribution in [0.25, 0.3) is 117 Å². The fraction of sp³-hybridized carbons (Fsp3) is 0. The van der Waals surface area contributed by atoms with Gasteiger partial charge in [0.05, 0.1) is 11.0 Å². The van der Waals surface area contributed by atoms with Gasteiger partial charge in [0, 0.05) is 43.6 Å². The summed E-state index contributed by atoms with van der Waals surface area (Å²) in [4.78, 5) is 16.0. The average Bonchev–Trinajstić information content (AvgIpc) is 3.89. The largest absolute Gasteiger partial charge is 0.456 e. The van der Waals surface area contributed by atoms with E-state index < -0.39 is 0 Å². The second kappa shape index (κ2) is 13.8. The summed E-state index contributed by atoms with van der Waals surface area (Å²) in [6.07, 6.45) is 0. The van der Waals surface area contributed by atoms with E-state index in [9.17, 15) is 0 Å². The number of fused-ring (bicyclic) bond motifs is 8. The van der Waals surface area contributed by atoms with E-state index in [4.69, 9.17) is 19.4 Å². The van der Waals surface area contributed by atoms with Crippen LogP contribution >= 0.6 is 0 Å². The number of hydrogen-bond acceptors (Lipinski definition) is 4. The zero-order valence-electron chi connectivity index (χ0n) is 32.3. The zero-order chi connectivity index (χ0) is 39.6. The maximum atomic E-state index is 6.42. The predicted octanol–water partition coefficient (Wildman–Crippen LogP) is 14.4. The van der Waals surface area contributed by atoms with Crippen molar-refractivity contribution < 1.29 is 4.42 Å². The van der Waals surface area contributed by atoms with Crippen LogP contribution < -0.4 is 0 Å². The number of rotatable bonds is 6. The van der Waals surface area contributed by atoms with Gasteiger partial charge < -0.3 is 4.42 Å². The molecule has 12 rings (SSSR count). The Balaban J connectivity index is 1.16. The van der Waals surface area contributed by atoms with Gasteiger partial charge in [-0.2, -0.15) is 9.97 Å². The van der Waals surface area contributed by atoms with Gasteiger partial charge in [-0.1, -0.05) is 194 Å². The molecule has 5 nitrogen and oxygen atoms in total. The Morgan fingerprint density at radius 3 is 1.50 bits per heavy atom. The van der Waals surface area contributed by atoms with Crippen molar-refractivity contribution in [2.24, 2.45) is 0 Å². The van der Waals surface area contributed by atoms with Crippen molar-refractivity contribution in [1.82, 2.24) is 19.5 Å². The summed E-state index contributed by atoms with van der Waals surface area (Å²) < 4.78 is 8.69. The molecule has 0 bridgehead atoms. The monoisotopic (exact) mass is 766 g/mol. The molecule has 0 N–H and O–H groups in total. The number of aromatic nitrogens is 4. The molecule has 3 heterocycles. The van der Waals surface area contributed by atoms with Gasteiger partial charge in [-0.15, -0.1) is 0 Å². The van der Waals surface area contributed by atoms with Crippen molar-refractivity contribution in [2.45, 2.75) is 0 Å². The highest BCUT2D eigenvalue weighted by molar-refractivity contribution is 6.23. The quantitative estimate of drug-likeness (QED) is 0.169. The molecule has 280 valence electrons. The first kappa shape index (κ1) is 33.9. The molecule has 12 aromatic rings. The van der Waals surface area contributed by atoms with Gasteiger partial charge >= 0.3 is 0 Å². The molecule has 5 heteroatoms. The van der Waals surface area contributed by atoms with Crippen molar-refractivity contribution >= 4 is 54.5 Å². The maximum Gasteiger partial charge on any atom is 0.238 e. The SMILES string of the molecule is c1ccc(-c2ccc(-c3nc(-c4ccc(-c5ccccc5)cc4)nc(-n4c5c(-c6cccc7oc8ccccc8c67)cccc5c5ccc6ccccc6c54)n3)cc2)cc1. The molecule has 0 atom stereocenters. The van der Waals surface area contributed by atoms with E-state index in [2.05, 4.69) is 187 Å². The average molecular weight is 767 g/mol. The van der Waals surface area contributed by atoms with Crippen LogP contribution in [-0.2, 0) is 0 Å². The fourth-order valence-corrected chi connectivity index (χ4v) is 8.85. The predicted molar refractivity (Wildman–Crippen MR) is 246 cm³/mol. The Labute approximate surface area is 345 Å². The van der Waals surface area contributed by atoms with Gasteiger partial charge in [-0.25, -0.2) is 4.98 Å². The van der Waals surface area contributed by atoms with Crippen molar-refractivity contribution in [1.29, 1.82) is 0 Å². The van der Waals surface area contributed by atoms with Gasteiger partial charge in [-0.05, 0) is 45.3 Å². The van der Waals surface area contributed by atoms with Gasteiger partial charge in [0.15, 0.2) is 11.6 Å². The lowest BCUT2D eigenvalue weighted by Crippen LogP contribution is -2.07. The first-order valence-electron chi connectivity index (χ1n) is 20.2. The fourth-order valence-electron chi connectivity index (χ4n) is 8.85. The van der Waals surface area contributed by atoms with Crippen LogP contribution in [0.3, 0.4) is 0 Å². The first-order valence-corrected chi connectivity index (χ1v) is 20.2. The number of hydrogen-bond donors (Lipinski definition) is 0. The Morgan fingerprint density at radius 2 is 0.817 bits per heavy atom. The van der Waals surface area contributed by atoms with E-state index in [1.54, 1.807) is 0 Å². The molecular weight excluding hydrogens is 733 g/mol. The van der Waals surface area contributed by atoms with Gasteiger partial charge in [0.25, 0.3) is 0 Å². The highest BCUT2D eigenvalue weighted by Gasteiger charge is 2.23. The Kier molecular flexibility index (Phi) is 7.78. The smallest absolute Gasteiger partial charge is 0.238 e. The number of benzene rings is 9. The second-order valence-corrected chi connectivity index (χ2v) is 15.2. The molecule has 0 aliphatic carbocycles. The van der Waals surface area contributed by atoms with Gasteiger partial charge in [-0.3, -0.25) is 4.57 Å². The summed E-state index contributed by atoms with van der Waals surface area (Å²) in [6.45, 7) is 0. The molecule has 0 spiro atoms. The number of furan rings is 1. The Hall–Kier alpha value is -8.15. The third-order valence-electron chi connectivity index (χ3n) is 11.7. The van der Waals surface area contributed by atoms with Crippen LogP contribution in [-0.4, -0.2) is 19.5 Å². The highest BCUT2D eigenvalue weighted by atomic mass is 16.3. The summed E-state index contributed by atoms with van der Waals surface area (Å²) in [5.41, 5.74) is 12.3. The molecule has 0 saturated carbocycles. The lowest BCUT2D eigenvalue weighted by molar-refractivity contribution is 0.669. The molecule has 0 fully saturated rings. The van der Waals surface area contributed by atoms with Gasteiger partial charge in [0.2, 0.25) is 5.95 Å². The third kappa shape index (κ3) is 5.52. The summed E-state index contributed by atoms with van der Waals surface area (Å²) in [6, 6.07) is 72.1. The summed E-state index contributed by atoms with van der Waals surface area (Å²) >= 11 is 0. The standard InChI is InChI=1S/C55H34N4O/c1-3-13-35(14-4-1)37-25-29-40(30-26-37)53-56-54(41-31-27-38(28-32-41)36-15-5-2-6-16-36)58-55(57-53)59-51-42-18-8-7-17-39(42)33-34-46(51)45-22-11-21-44(52(45)59)43-20-12-24-49-50(43)47-19-9-10-23-48(47)60-49/h1-34H. The highest BCUT2D eigenvalue weighted by Crippen LogP contribution is 2.44. The molecular formula is C55H34N4O. The minimum absolute atomic E-state index is 0.544. The minimum Gasteiger partial charge on any atom is -0.456 e. The van der Waals surface area contributed by atoms with Crippen molar-refractivity contribution in [3.05, 3.63) is 206 Å². The topological polar surface area (TPSA) is 56.7 Å². The lowest BCUT2D eigenvalue weighted by atomic mass is 9.97. The van der Waals surface area contributed by atoms with E-state index in [1.165, 1.54) is 0 Å². The molecule has 0 radical (unpaired) electrons. The van der Waals surface area contributed by atoms with Crippen molar-refractivity contribution in [2.75, 3.05) is 0 Å². The molecule has 60 heavy (non-hydrogen) atoms. The molecule has 0 aliphatic heterocycles. The van der Waals surface area contributed by atoms with Crippen molar-refractivity contribution in [3.63, 3.8) is 0 Å². The lowest BCUT2D eigenvalue weighted by Gasteiger charge is -2.14. The van der Waals surface area contributed by atoms with E-state index in [-0.39, 0.29) is 0 Å². The summed E-state index contributed by atoms with van der Waals surface area (Å²) in [7, 11) is 0. The third-order valence-corrected chi connectivity index (χ3v) is 11.7. The zero-order valence-corrected chi connectivity index (χ0v) is 32.3. The molecule has 3 aromatic heterocycles. The van der Waals surface area contributed by atoms with E-state index >= 15 is 0 Å². The molecule has 0 amide bonds. The molecule has 0 saturated heterocycles. The van der Waals surface area contributed by atoms with Crippen LogP contribution in [0.5, 0.6) is 0 Å². The summed E-state index contributed by atoms with van der Waals surface area (Å²) in [5.74, 6) is 1.73. The molecule has 0 aliphatic rings. The van der Waals surface area contributed by atoms with Crippen LogP contribution in [0.2, 0.25) is 0 Å². The van der Waals surface area contributed by atoms with Gasteiger partial charge in [0.1, 0.15) is 11.2 Å². The molecule has 9 aromatic carbocycles. The second-order valence-electron chi connectivity index (χ2n) is 15.2. The van der Waals surface area contributed by atoms with Crippen LogP contribution in [0.15, 0.2) is 211 Å². The van der Waals surface area contributed by atoms with Crippen molar-refractivity contribution in [3.8, 4) is 62.1 Å². The Bertz CT molecular complexity index is 3470. The first-order chi connectivity index (χ1) is 29.7. The van der Waals surface area contributed by atoms with Crippen LogP contribution in [0.1, 0.15) is 0 Å².